The SMILES string of the molecule is CC1(C)c2ccccc2-c2cc(N(c3ccc(-c4ccc5c(c4)c(=O)n(-c4ccc(-c6ccccc6)cc4)c(=O)n5-c4ccccc4)cc3)c3cccc4c3-c3ccccc3C4(C)C)ccc21. The highest BCUT2D eigenvalue weighted by Gasteiger charge is 2.39. The maximum atomic E-state index is 14.7. The molecule has 0 bridgehead atoms. The predicted octanol–water partition coefficient (Wildman–Crippen LogP) is 14.6. The van der Waals surface area contributed by atoms with Crippen molar-refractivity contribution in [3.63, 3.8) is 0 Å². The van der Waals surface area contributed by atoms with Crippen molar-refractivity contribution in [2.75, 3.05) is 4.90 Å². The first kappa shape index (κ1) is 40.2. The van der Waals surface area contributed by atoms with Gasteiger partial charge in [-0.15, -0.1) is 0 Å². The molecular formula is C62H47N3O2. The Morgan fingerprint density at radius 1 is 0.388 bits per heavy atom. The lowest BCUT2D eigenvalue weighted by Gasteiger charge is -2.30. The Kier molecular flexibility index (Phi) is 9.10. The van der Waals surface area contributed by atoms with Crippen LogP contribution < -0.4 is 16.1 Å². The first-order valence-corrected chi connectivity index (χ1v) is 23.0. The second kappa shape index (κ2) is 15.1. The lowest BCUT2D eigenvalue weighted by molar-refractivity contribution is 0.660. The number of anilines is 3. The minimum absolute atomic E-state index is 0.112. The highest BCUT2D eigenvalue weighted by molar-refractivity contribution is 5.96. The van der Waals surface area contributed by atoms with Crippen LogP contribution in [0.2, 0.25) is 0 Å². The Bertz CT molecular complexity index is 3710. The molecule has 1 heterocycles. The summed E-state index contributed by atoms with van der Waals surface area (Å²) < 4.78 is 2.93. The van der Waals surface area contributed by atoms with E-state index in [-0.39, 0.29) is 16.4 Å². The molecule has 10 aromatic rings. The van der Waals surface area contributed by atoms with E-state index in [1.54, 1.807) is 4.57 Å². The summed E-state index contributed by atoms with van der Waals surface area (Å²) in [6.45, 7) is 9.30. The third-order valence-corrected chi connectivity index (χ3v) is 14.4. The molecule has 0 saturated heterocycles. The van der Waals surface area contributed by atoms with Crippen molar-refractivity contribution in [1.82, 2.24) is 9.13 Å². The van der Waals surface area contributed by atoms with E-state index in [0.717, 1.165) is 39.3 Å². The van der Waals surface area contributed by atoms with Gasteiger partial charge in [-0.3, -0.25) is 9.36 Å². The van der Waals surface area contributed by atoms with Crippen LogP contribution in [0.1, 0.15) is 49.9 Å². The number of hydrogen-bond acceptors (Lipinski definition) is 3. The molecule has 0 spiro atoms. The molecule has 1 aromatic heterocycles. The molecule has 0 saturated carbocycles. The van der Waals surface area contributed by atoms with Crippen LogP contribution in [0.25, 0.3) is 66.8 Å². The van der Waals surface area contributed by atoms with Crippen LogP contribution in [0.15, 0.2) is 222 Å². The summed E-state index contributed by atoms with van der Waals surface area (Å²) in [5, 5.41) is 0.446. The molecule has 0 radical (unpaired) electrons. The van der Waals surface area contributed by atoms with Gasteiger partial charge in [0.1, 0.15) is 0 Å². The second-order valence-electron chi connectivity index (χ2n) is 18.9. The Balaban J connectivity index is 1.01. The molecule has 5 nitrogen and oxygen atoms in total. The van der Waals surface area contributed by atoms with Crippen LogP contribution in [0.3, 0.4) is 0 Å². The number of nitrogens with zero attached hydrogens (tertiary/aromatic N) is 3. The van der Waals surface area contributed by atoms with Gasteiger partial charge in [0.05, 0.1) is 28.0 Å². The van der Waals surface area contributed by atoms with Crippen LogP contribution in [0.5, 0.6) is 0 Å². The van der Waals surface area contributed by atoms with Crippen LogP contribution in [-0.2, 0) is 10.8 Å². The molecule has 2 aliphatic rings. The predicted molar refractivity (Wildman–Crippen MR) is 276 cm³/mol. The molecule has 12 rings (SSSR count). The number of benzene rings is 9. The van der Waals surface area contributed by atoms with E-state index in [0.29, 0.717) is 22.3 Å². The highest BCUT2D eigenvalue weighted by Crippen LogP contribution is 2.55. The van der Waals surface area contributed by atoms with E-state index in [1.807, 2.05) is 103 Å². The van der Waals surface area contributed by atoms with Crippen molar-refractivity contribution >= 4 is 28.0 Å². The molecule has 0 fully saturated rings. The number of fused-ring (bicyclic) bond motifs is 7. The van der Waals surface area contributed by atoms with Crippen LogP contribution in [-0.4, -0.2) is 9.13 Å². The zero-order chi connectivity index (χ0) is 45.6. The maximum Gasteiger partial charge on any atom is 0.340 e. The summed E-state index contributed by atoms with van der Waals surface area (Å²) in [6, 6.07) is 73.1. The fourth-order valence-electron chi connectivity index (χ4n) is 11.0. The molecular weight excluding hydrogens is 819 g/mol. The van der Waals surface area contributed by atoms with Crippen molar-refractivity contribution in [3.05, 3.63) is 255 Å². The van der Waals surface area contributed by atoms with Crippen molar-refractivity contribution in [2.45, 2.75) is 38.5 Å². The van der Waals surface area contributed by atoms with Crippen molar-refractivity contribution < 1.29 is 0 Å². The quantitative estimate of drug-likeness (QED) is 0.160. The summed E-state index contributed by atoms with van der Waals surface area (Å²) in [7, 11) is 0. The van der Waals surface area contributed by atoms with Gasteiger partial charge in [-0.1, -0.05) is 173 Å². The number of rotatable bonds is 7. The van der Waals surface area contributed by atoms with Gasteiger partial charge >= 0.3 is 5.69 Å². The largest absolute Gasteiger partial charge is 0.340 e. The summed E-state index contributed by atoms with van der Waals surface area (Å²) in [6.07, 6.45) is 0. The standard InChI is InChI=1S/C62H47N3O2/c1-61(2)52-22-13-11-20-48(52)50-39-47(35-36-54(50)61)63(57-25-15-24-55-58(57)49-21-12-14-23-53(49)62(55,3)4)45-31-28-42(29-32-45)43-30-37-56-51(38-43)59(66)65(60(67)64(56)44-18-9-6-10-19-44)46-33-26-41(27-34-46)40-16-7-5-8-17-40/h5-39H,1-4H3. The minimum atomic E-state index is -0.426. The monoisotopic (exact) mass is 865 g/mol. The van der Waals surface area contributed by atoms with Gasteiger partial charge < -0.3 is 4.90 Å². The fraction of sp³-hybridized carbons (Fsp3) is 0.0968. The van der Waals surface area contributed by atoms with E-state index >= 15 is 0 Å². The van der Waals surface area contributed by atoms with Crippen molar-refractivity contribution in [3.8, 4) is 55.9 Å². The fourth-order valence-corrected chi connectivity index (χ4v) is 11.0. The van der Waals surface area contributed by atoms with Gasteiger partial charge in [0.25, 0.3) is 5.56 Å². The summed E-state index contributed by atoms with van der Waals surface area (Å²) in [5.41, 5.74) is 18.1. The average Bonchev–Trinajstić information content (AvgIpc) is 3.74. The Labute approximate surface area is 390 Å². The molecule has 9 aromatic carbocycles. The molecule has 67 heavy (non-hydrogen) atoms. The zero-order valence-electron chi connectivity index (χ0n) is 37.9. The van der Waals surface area contributed by atoms with E-state index in [1.165, 1.54) is 49.1 Å². The topological polar surface area (TPSA) is 47.2 Å². The zero-order valence-corrected chi connectivity index (χ0v) is 37.9. The minimum Gasteiger partial charge on any atom is -0.310 e. The van der Waals surface area contributed by atoms with Gasteiger partial charge in [-0.25, -0.2) is 9.36 Å². The van der Waals surface area contributed by atoms with E-state index in [4.69, 9.17) is 0 Å². The number of hydrogen-bond donors (Lipinski definition) is 0. The van der Waals surface area contributed by atoms with Gasteiger partial charge in [0, 0.05) is 27.8 Å². The normalized spacial score (nSPS) is 13.7. The summed E-state index contributed by atoms with van der Waals surface area (Å²) in [4.78, 5) is 31.6. The molecule has 0 atom stereocenters. The molecule has 322 valence electrons. The van der Waals surface area contributed by atoms with E-state index in [2.05, 4.69) is 142 Å². The van der Waals surface area contributed by atoms with Gasteiger partial charge in [-0.2, -0.15) is 0 Å². The smallest absolute Gasteiger partial charge is 0.310 e. The first-order chi connectivity index (χ1) is 32.6. The Morgan fingerprint density at radius 2 is 0.910 bits per heavy atom. The Hall–Kier alpha value is -8.28. The molecule has 2 aliphatic carbocycles. The van der Waals surface area contributed by atoms with Gasteiger partial charge in [0.2, 0.25) is 0 Å². The first-order valence-electron chi connectivity index (χ1n) is 23.0. The van der Waals surface area contributed by atoms with Crippen LogP contribution in [0.4, 0.5) is 17.1 Å². The molecule has 0 N–H and O–H groups in total. The van der Waals surface area contributed by atoms with E-state index < -0.39 is 5.69 Å². The maximum absolute atomic E-state index is 14.7. The van der Waals surface area contributed by atoms with Crippen molar-refractivity contribution in [1.29, 1.82) is 0 Å². The van der Waals surface area contributed by atoms with Crippen LogP contribution in [0, 0.1) is 0 Å². The number of para-hydroxylation sites is 1. The lowest BCUT2D eigenvalue weighted by atomic mass is 9.82. The summed E-state index contributed by atoms with van der Waals surface area (Å²) in [5.74, 6) is 0. The third-order valence-electron chi connectivity index (χ3n) is 14.4. The van der Waals surface area contributed by atoms with Crippen molar-refractivity contribution in [2.24, 2.45) is 0 Å². The third kappa shape index (κ3) is 6.22. The lowest BCUT2D eigenvalue weighted by Crippen LogP contribution is -2.38. The molecule has 0 amide bonds. The number of aromatic nitrogens is 2. The molecule has 0 unspecified atom stereocenters. The summed E-state index contributed by atoms with van der Waals surface area (Å²) >= 11 is 0. The second-order valence-corrected chi connectivity index (χ2v) is 18.9. The van der Waals surface area contributed by atoms with Gasteiger partial charge in [0.15, 0.2) is 0 Å². The molecule has 5 heteroatoms. The molecule has 0 aliphatic heterocycles. The Morgan fingerprint density at radius 3 is 1.64 bits per heavy atom. The highest BCUT2D eigenvalue weighted by atomic mass is 16.2. The van der Waals surface area contributed by atoms with Crippen LogP contribution >= 0.6 is 0 Å². The van der Waals surface area contributed by atoms with Gasteiger partial charge in [-0.05, 0) is 128 Å². The van der Waals surface area contributed by atoms with E-state index in [9.17, 15) is 9.59 Å². The average molecular weight is 866 g/mol.